The summed E-state index contributed by atoms with van der Waals surface area (Å²) < 4.78 is 20.5. The van der Waals surface area contributed by atoms with Crippen LogP contribution in [0.25, 0.3) is 0 Å². The van der Waals surface area contributed by atoms with Crippen molar-refractivity contribution in [3.63, 3.8) is 0 Å². The normalized spacial score (nSPS) is 11.5. The summed E-state index contributed by atoms with van der Waals surface area (Å²) in [5.74, 6) is -2.95. The molecule has 1 heterocycles. The van der Waals surface area contributed by atoms with Crippen molar-refractivity contribution in [3.8, 4) is 0 Å². The molecule has 0 aliphatic heterocycles. The molecular weight excluding hydrogens is 434 g/mol. The van der Waals surface area contributed by atoms with Crippen molar-refractivity contribution in [2.45, 2.75) is 73.0 Å². The molecule has 0 radical (unpaired) electrons. The molecule has 0 bridgehead atoms. The highest BCUT2D eigenvalue weighted by Crippen LogP contribution is 2.20. The molecule has 1 aromatic heterocycles. The van der Waals surface area contributed by atoms with Gasteiger partial charge in [-0.05, 0) is 67.4 Å². The first kappa shape index (κ1) is 27.8. The zero-order chi connectivity index (χ0) is 25.4. The third kappa shape index (κ3) is 9.42. The van der Waals surface area contributed by atoms with E-state index in [0.29, 0.717) is 10.5 Å². The van der Waals surface area contributed by atoms with Crippen LogP contribution in [0.2, 0.25) is 0 Å². The number of ether oxygens (including phenoxy) is 4. The van der Waals surface area contributed by atoms with Crippen LogP contribution in [0.1, 0.15) is 61.0 Å². The van der Waals surface area contributed by atoms with Gasteiger partial charge in [-0.25, -0.2) is 19.6 Å². The van der Waals surface area contributed by atoms with Crippen molar-refractivity contribution < 1.29 is 38.1 Å². The van der Waals surface area contributed by atoms with Gasteiger partial charge in [0.2, 0.25) is 5.95 Å². The first-order valence-corrected chi connectivity index (χ1v) is 10.6. The Morgan fingerprint density at radius 1 is 0.818 bits per heavy atom. The third-order valence-electron chi connectivity index (χ3n) is 3.63. The lowest BCUT2D eigenvalue weighted by Crippen LogP contribution is -2.44. The maximum Gasteiger partial charge on any atom is 0.427 e. The van der Waals surface area contributed by atoms with E-state index in [4.69, 9.17) is 18.9 Å². The van der Waals surface area contributed by atoms with E-state index in [1.807, 2.05) is 0 Å². The van der Waals surface area contributed by atoms with Crippen LogP contribution in [0.4, 0.5) is 15.5 Å². The molecule has 0 N–H and O–H groups in total. The Bertz CT molecular complexity index is 795. The van der Waals surface area contributed by atoms with Crippen LogP contribution in [-0.2, 0) is 35.0 Å². The van der Waals surface area contributed by atoms with Crippen molar-refractivity contribution in [2.24, 2.45) is 5.92 Å². The Morgan fingerprint density at radius 3 is 1.55 bits per heavy atom. The van der Waals surface area contributed by atoms with Gasteiger partial charge in [0, 0.05) is 12.4 Å². The smallest absolute Gasteiger partial charge is 0.427 e. The summed E-state index contributed by atoms with van der Waals surface area (Å²) >= 11 is 0. The van der Waals surface area contributed by atoms with Gasteiger partial charge in [0.15, 0.2) is 5.92 Å². The Balaban J connectivity index is 3.20. The van der Waals surface area contributed by atoms with Crippen LogP contribution < -0.4 is 4.90 Å². The molecule has 0 aromatic carbocycles. The lowest BCUT2D eigenvalue weighted by atomic mass is 10.0. The molecule has 0 aliphatic rings. The van der Waals surface area contributed by atoms with Gasteiger partial charge in [-0.15, -0.1) is 4.90 Å². The van der Waals surface area contributed by atoms with Gasteiger partial charge in [0.05, 0.1) is 13.2 Å². The van der Waals surface area contributed by atoms with Gasteiger partial charge >= 0.3 is 24.1 Å². The van der Waals surface area contributed by atoms with E-state index < -0.39 is 41.2 Å². The molecule has 0 spiro atoms. The highest BCUT2D eigenvalue weighted by molar-refractivity contribution is 6.08. The van der Waals surface area contributed by atoms with Crippen molar-refractivity contribution in [2.75, 3.05) is 18.1 Å². The monoisotopic (exact) mass is 467 g/mol. The number of aromatic nitrogens is 2. The molecule has 11 nitrogen and oxygen atoms in total. The first-order chi connectivity index (χ1) is 15.2. The highest BCUT2D eigenvalue weighted by Gasteiger charge is 2.35. The minimum Gasteiger partial charge on any atom is -0.465 e. The van der Waals surface area contributed by atoms with Gasteiger partial charge in [0.25, 0.3) is 0 Å². The Morgan fingerprint density at radius 2 is 1.21 bits per heavy atom. The predicted octanol–water partition coefficient (Wildman–Crippen LogP) is 3.44. The average molecular weight is 468 g/mol. The van der Waals surface area contributed by atoms with Crippen molar-refractivity contribution >= 4 is 30.1 Å². The standard InChI is InChI=1S/C22H33N3O8/c1-9-30-16(26)15(17(27)31-10-2)11-14-12-23-18(24-13-14)25(19(28)32-21(3,4)5)20(29)33-22(6,7)8/h12-13,15H,9-11H2,1-8H3. The largest absolute Gasteiger partial charge is 0.465 e. The van der Waals surface area contributed by atoms with E-state index >= 15 is 0 Å². The topological polar surface area (TPSA) is 134 Å². The molecule has 0 aliphatic carbocycles. The third-order valence-corrected chi connectivity index (χ3v) is 3.63. The highest BCUT2D eigenvalue weighted by atomic mass is 16.6. The molecule has 0 saturated heterocycles. The van der Waals surface area contributed by atoms with Crippen LogP contribution in [0, 0.1) is 5.92 Å². The molecule has 1 rings (SSSR count). The second-order valence-corrected chi connectivity index (χ2v) is 8.95. The van der Waals surface area contributed by atoms with Gasteiger partial charge in [-0.3, -0.25) is 9.59 Å². The molecule has 0 atom stereocenters. The summed E-state index contributed by atoms with van der Waals surface area (Å²) in [4.78, 5) is 58.4. The van der Waals surface area contributed by atoms with Crippen molar-refractivity contribution in [1.82, 2.24) is 9.97 Å². The molecule has 0 fully saturated rings. The number of anilines is 1. The number of imide groups is 1. The molecule has 0 saturated carbocycles. The first-order valence-electron chi connectivity index (χ1n) is 10.6. The number of carbonyl (C=O) groups excluding carboxylic acids is 4. The zero-order valence-corrected chi connectivity index (χ0v) is 20.5. The minimum absolute atomic E-state index is 0.0865. The number of amides is 2. The summed E-state index contributed by atoms with van der Waals surface area (Å²) in [6.45, 7) is 13.3. The fourth-order valence-electron chi connectivity index (χ4n) is 2.41. The summed E-state index contributed by atoms with van der Waals surface area (Å²) in [6.07, 6.45) is 0.461. The van der Waals surface area contributed by atoms with Gasteiger partial charge in [-0.1, -0.05) is 0 Å². The number of nitrogens with zero attached hydrogens (tertiary/aromatic N) is 3. The fraction of sp³-hybridized carbons (Fsp3) is 0.636. The molecule has 1 aromatic rings. The predicted molar refractivity (Wildman–Crippen MR) is 117 cm³/mol. The van der Waals surface area contributed by atoms with Crippen LogP contribution >= 0.6 is 0 Å². The van der Waals surface area contributed by atoms with E-state index in [1.54, 1.807) is 55.4 Å². The van der Waals surface area contributed by atoms with E-state index in [0.717, 1.165) is 0 Å². The van der Waals surface area contributed by atoms with Crippen LogP contribution in [0.3, 0.4) is 0 Å². The van der Waals surface area contributed by atoms with E-state index in [9.17, 15) is 19.2 Å². The summed E-state index contributed by atoms with van der Waals surface area (Å²) in [7, 11) is 0. The van der Waals surface area contributed by atoms with Crippen molar-refractivity contribution in [3.05, 3.63) is 18.0 Å². The van der Waals surface area contributed by atoms with Crippen LogP contribution in [0.5, 0.6) is 0 Å². The average Bonchev–Trinajstić information content (AvgIpc) is 2.64. The second-order valence-electron chi connectivity index (χ2n) is 8.95. The maximum absolute atomic E-state index is 12.7. The number of rotatable bonds is 7. The molecule has 184 valence electrons. The maximum atomic E-state index is 12.7. The lowest BCUT2D eigenvalue weighted by molar-refractivity contribution is -0.161. The lowest BCUT2D eigenvalue weighted by Gasteiger charge is -2.27. The Labute approximate surface area is 193 Å². The van der Waals surface area contributed by atoms with E-state index in [2.05, 4.69) is 9.97 Å². The van der Waals surface area contributed by atoms with Crippen LogP contribution in [-0.4, -0.2) is 58.5 Å². The molecular formula is C22H33N3O8. The number of carbonyl (C=O) groups is 4. The molecule has 0 unspecified atom stereocenters. The Kier molecular flexibility index (Phi) is 9.75. The second kappa shape index (κ2) is 11.6. The number of esters is 2. The SMILES string of the molecule is CCOC(=O)C(Cc1cnc(N(C(=O)OC(C)(C)C)C(=O)OC(C)(C)C)nc1)C(=O)OCC. The quantitative estimate of drug-likeness (QED) is 0.333. The van der Waals surface area contributed by atoms with Gasteiger partial charge in [0.1, 0.15) is 11.2 Å². The van der Waals surface area contributed by atoms with Gasteiger partial charge < -0.3 is 18.9 Å². The van der Waals surface area contributed by atoms with Crippen LogP contribution in [0.15, 0.2) is 12.4 Å². The summed E-state index contributed by atoms with van der Waals surface area (Å²) in [5, 5.41) is 0. The summed E-state index contributed by atoms with van der Waals surface area (Å²) in [5.41, 5.74) is -1.38. The van der Waals surface area contributed by atoms with Gasteiger partial charge in [-0.2, -0.15) is 0 Å². The molecule has 33 heavy (non-hydrogen) atoms. The molecule has 11 heteroatoms. The Hall–Kier alpha value is -3.24. The summed E-state index contributed by atoms with van der Waals surface area (Å²) in [6, 6.07) is 0. The fourth-order valence-corrected chi connectivity index (χ4v) is 2.41. The van der Waals surface area contributed by atoms with E-state index in [1.165, 1.54) is 12.4 Å². The van der Waals surface area contributed by atoms with Crippen molar-refractivity contribution in [1.29, 1.82) is 0 Å². The minimum atomic E-state index is -1.20. The molecule has 2 amide bonds. The van der Waals surface area contributed by atoms with E-state index in [-0.39, 0.29) is 25.6 Å². The number of hydrogen-bond donors (Lipinski definition) is 0. The zero-order valence-electron chi connectivity index (χ0n) is 20.5. The number of hydrogen-bond acceptors (Lipinski definition) is 10.